The van der Waals surface area contributed by atoms with E-state index in [-0.39, 0.29) is 0 Å². The van der Waals surface area contributed by atoms with Gasteiger partial charge in [0.25, 0.3) is 0 Å². The lowest BCUT2D eigenvalue weighted by atomic mass is 10.1. The van der Waals surface area contributed by atoms with Crippen LogP contribution in [0.4, 0.5) is 0 Å². The molecule has 0 N–H and O–H groups in total. The first-order chi connectivity index (χ1) is 19.5. The fourth-order valence-corrected chi connectivity index (χ4v) is 5.55. The van der Waals surface area contributed by atoms with Gasteiger partial charge in [0.2, 0.25) is 0 Å². The Morgan fingerprint density at radius 3 is 1.18 bits per heavy atom. The molecule has 7 nitrogen and oxygen atoms in total. The average Bonchev–Trinajstić information content (AvgIpc) is 2.99. The van der Waals surface area contributed by atoms with Crippen LogP contribution in [0, 0.1) is 0 Å². The fourth-order valence-electron chi connectivity index (χ4n) is 5.55. The van der Waals surface area contributed by atoms with Gasteiger partial charge in [-0.05, 0) is 91.9 Å². The summed E-state index contributed by atoms with van der Waals surface area (Å²) < 4.78 is 5.20. The maximum atomic E-state index is 5.20. The molecule has 0 spiro atoms. The molecule has 0 amide bonds. The highest BCUT2D eigenvalue weighted by Crippen LogP contribution is 2.09. The van der Waals surface area contributed by atoms with E-state index in [0.717, 1.165) is 26.3 Å². The minimum atomic E-state index is 0.931. The van der Waals surface area contributed by atoms with Gasteiger partial charge < -0.3 is 29.2 Å². The van der Waals surface area contributed by atoms with Crippen molar-refractivity contribution >= 4 is 0 Å². The van der Waals surface area contributed by atoms with Crippen LogP contribution in [0.3, 0.4) is 0 Å². The van der Waals surface area contributed by atoms with Crippen LogP contribution in [-0.2, 0) is 4.74 Å². The molecule has 4 aliphatic rings. The van der Waals surface area contributed by atoms with Gasteiger partial charge in [0, 0.05) is 65.4 Å². The van der Waals surface area contributed by atoms with Crippen molar-refractivity contribution in [3.8, 4) is 0 Å². The van der Waals surface area contributed by atoms with Crippen LogP contribution >= 0.6 is 0 Å². The molecule has 0 radical (unpaired) electrons. The normalized spacial score (nSPS) is 22.4. The lowest BCUT2D eigenvalue weighted by Gasteiger charge is -2.32. The molecule has 0 bridgehead atoms. The second-order valence-corrected chi connectivity index (χ2v) is 12.4. The van der Waals surface area contributed by atoms with E-state index in [1.54, 1.807) is 0 Å². The number of ether oxygens (including phenoxy) is 1. The van der Waals surface area contributed by atoms with Crippen molar-refractivity contribution in [1.29, 1.82) is 0 Å². The Kier molecular flexibility index (Phi) is 24.9. The summed E-state index contributed by atoms with van der Waals surface area (Å²) in [6.45, 7) is 31.1. The zero-order valence-corrected chi connectivity index (χ0v) is 28.2. The van der Waals surface area contributed by atoms with Crippen LogP contribution in [0.2, 0.25) is 0 Å². The number of hydrogen-bond acceptors (Lipinski definition) is 7. The Hall–Kier alpha value is -0.280. The lowest BCUT2D eigenvalue weighted by molar-refractivity contribution is 0.0380. The standard InChI is InChI=1S/C9H20N2.C9H19N.C8H18N2.C7H15NO/c1-3-4-5-11-8-6-10(2)7-9-11;1-2-3-7-10-8-5-4-6-9-10;1-3-4-10-7-5-9(2)6-8-10;1-2-3-8-4-6-9-7-5-8/h3-9H2,1-2H3;2-9H2,1H3;3-8H2,1-2H3;2-7H2,1H3. The van der Waals surface area contributed by atoms with Crippen LogP contribution in [0.15, 0.2) is 0 Å². The first-order valence-corrected chi connectivity index (χ1v) is 17.4. The van der Waals surface area contributed by atoms with Crippen LogP contribution in [0.1, 0.15) is 85.5 Å². The third-order valence-electron chi connectivity index (χ3n) is 8.48. The van der Waals surface area contributed by atoms with Gasteiger partial charge in [0.1, 0.15) is 0 Å². The lowest BCUT2D eigenvalue weighted by Crippen LogP contribution is -2.44. The number of likely N-dealkylation sites (N-methyl/N-ethyl adjacent to an activating group) is 2. The van der Waals surface area contributed by atoms with Gasteiger partial charge in [0.15, 0.2) is 0 Å². The summed E-state index contributed by atoms with van der Waals surface area (Å²) in [6.07, 6.45) is 12.3. The molecule has 4 heterocycles. The number of nitrogens with zero attached hydrogens (tertiary/aromatic N) is 6. The van der Waals surface area contributed by atoms with E-state index in [9.17, 15) is 0 Å². The summed E-state index contributed by atoms with van der Waals surface area (Å²) in [5.74, 6) is 0. The first-order valence-electron chi connectivity index (χ1n) is 17.4. The van der Waals surface area contributed by atoms with Gasteiger partial charge in [-0.15, -0.1) is 0 Å². The third-order valence-corrected chi connectivity index (χ3v) is 8.48. The number of morpholine rings is 1. The molecule has 0 saturated carbocycles. The van der Waals surface area contributed by atoms with E-state index >= 15 is 0 Å². The average molecular weight is 569 g/mol. The molecule has 240 valence electrons. The Bertz CT molecular complexity index is 502. The van der Waals surface area contributed by atoms with Gasteiger partial charge in [-0.1, -0.05) is 47.0 Å². The second kappa shape index (κ2) is 26.4. The molecule has 40 heavy (non-hydrogen) atoms. The topological polar surface area (TPSA) is 28.7 Å². The van der Waals surface area contributed by atoms with Crippen LogP contribution in [0.25, 0.3) is 0 Å². The molecule has 4 fully saturated rings. The predicted octanol–water partition coefficient (Wildman–Crippen LogP) is 4.68. The highest BCUT2D eigenvalue weighted by molar-refractivity contribution is 4.69. The minimum absolute atomic E-state index is 0.931. The van der Waals surface area contributed by atoms with Crippen molar-refractivity contribution in [3.63, 3.8) is 0 Å². The van der Waals surface area contributed by atoms with Crippen LogP contribution in [0.5, 0.6) is 0 Å². The number of hydrogen-bond donors (Lipinski definition) is 0. The minimum Gasteiger partial charge on any atom is -0.379 e. The number of rotatable bonds is 10. The molecule has 4 rings (SSSR count). The molecule has 7 heteroatoms. The quantitative estimate of drug-likeness (QED) is 0.378. The van der Waals surface area contributed by atoms with E-state index in [2.05, 4.69) is 71.2 Å². The SMILES string of the molecule is CCCCN1CCCCC1.CCCCN1CCN(C)CC1.CCCN1CCN(C)CC1.CCCN1CCOCC1. The highest BCUT2D eigenvalue weighted by atomic mass is 16.5. The van der Waals surface area contributed by atoms with Crippen molar-refractivity contribution < 1.29 is 4.74 Å². The summed E-state index contributed by atoms with van der Waals surface area (Å²) in [5, 5.41) is 0. The number of likely N-dealkylation sites (tertiary alicyclic amines) is 1. The van der Waals surface area contributed by atoms with Gasteiger partial charge >= 0.3 is 0 Å². The number of piperazine rings is 2. The van der Waals surface area contributed by atoms with Crippen molar-refractivity contribution in [2.75, 3.05) is 132 Å². The highest BCUT2D eigenvalue weighted by Gasteiger charge is 2.13. The van der Waals surface area contributed by atoms with Gasteiger partial charge in [-0.3, -0.25) is 4.90 Å². The maximum Gasteiger partial charge on any atom is 0.0594 e. The number of piperidine rings is 1. The molecule has 0 aromatic rings. The Morgan fingerprint density at radius 2 is 0.775 bits per heavy atom. The van der Waals surface area contributed by atoms with E-state index in [1.807, 2.05) is 0 Å². The van der Waals surface area contributed by atoms with E-state index in [4.69, 9.17) is 4.74 Å². The summed E-state index contributed by atoms with van der Waals surface area (Å²) >= 11 is 0. The van der Waals surface area contributed by atoms with Crippen LogP contribution in [-0.4, -0.2) is 161 Å². The number of unbranched alkanes of at least 4 members (excludes halogenated alkanes) is 2. The van der Waals surface area contributed by atoms with E-state index in [1.165, 1.54) is 149 Å². The molecular formula is C33H72N6O. The van der Waals surface area contributed by atoms with Crippen LogP contribution < -0.4 is 0 Å². The zero-order valence-electron chi connectivity index (χ0n) is 28.2. The molecule has 0 unspecified atom stereocenters. The molecule has 0 atom stereocenters. The van der Waals surface area contributed by atoms with Gasteiger partial charge in [-0.25, -0.2) is 0 Å². The van der Waals surface area contributed by atoms with Crippen molar-refractivity contribution in [1.82, 2.24) is 29.4 Å². The Labute approximate surface area is 251 Å². The van der Waals surface area contributed by atoms with Gasteiger partial charge in [-0.2, -0.15) is 0 Å². The van der Waals surface area contributed by atoms with E-state index in [0.29, 0.717) is 0 Å². The largest absolute Gasteiger partial charge is 0.379 e. The second-order valence-electron chi connectivity index (χ2n) is 12.4. The predicted molar refractivity (Wildman–Crippen MR) is 176 cm³/mol. The first kappa shape index (κ1) is 37.7. The fraction of sp³-hybridized carbons (Fsp3) is 1.00. The summed E-state index contributed by atoms with van der Waals surface area (Å²) in [4.78, 5) is 15.0. The summed E-state index contributed by atoms with van der Waals surface area (Å²) in [6, 6.07) is 0. The van der Waals surface area contributed by atoms with Crippen molar-refractivity contribution in [2.24, 2.45) is 0 Å². The van der Waals surface area contributed by atoms with E-state index < -0.39 is 0 Å². The Balaban J connectivity index is 0.000000267. The molecule has 0 aliphatic carbocycles. The monoisotopic (exact) mass is 569 g/mol. The van der Waals surface area contributed by atoms with Crippen molar-refractivity contribution in [2.45, 2.75) is 85.5 Å². The van der Waals surface area contributed by atoms with Crippen molar-refractivity contribution in [3.05, 3.63) is 0 Å². The Morgan fingerprint density at radius 1 is 0.400 bits per heavy atom. The molecule has 4 saturated heterocycles. The smallest absolute Gasteiger partial charge is 0.0594 e. The summed E-state index contributed by atoms with van der Waals surface area (Å²) in [5.41, 5.74) is 0. The van der Waals surface area contributed by atoms with Gasteiger partial charge in [0.05, 0.1) is 13.2 Å². The molecule has 0 aromatic carbocycles. The molecular weight excluding hydrogens is 496 g/mol. The molecule has 0 aromatic heterocycles. The third kappa shape index (κ3) is 20.6. The zero-order chi connectivity index (χ0) is 29.3. The summed E-state index contributed by atoms with van der Waals surface area (Å²) in [7, 11) is 4.40. The maximum absolute atomic E-state index is 5.20. The molecule has 4 aliphatic heterocycles.